The van der Waals surface area contributed by atoms with Gasteiger partial charge in [0.05, 0.1) is 34.7 Å². The average Bonchev–Trinajstić information content (AvgIpc) is 3.26. The highest BCUT2D eigenvalue weighted by atomic mass is 79.9. The number of ether oxygens (including phenoxy) is 1. The molecule has 1 aliphatic heterocycles. The van der Waals surface area contributed by atoms with Crippen LogP contribution in [-0.2, 0) is 18.0 Å². The van der Waals surface area contributed by atoms with Crippen LogP contribution >= 0.6 is 23.2 Å². The fourth-order valence-electron chi connectivity index (χ4n) is 5.26. The van der Waals surface area contributed by atoms with Crippen LogP contribution in [0.3, 0.4) is 0 Å². The van der Waals surface area contributed by atoms with Gasteiger partial charge in [-0.25, -0.2) is 4.98 Å². The number of nitrogens with zero attached hydrogens (tertiary/aromatic N) is 8. The third-order valence-electron chi connectivity index (χ3n) is 7.26. The summed E-state index contributed by atoms with van der Waals surface area (Å²) in [6.45, 7) is 8.45. The van der Waals surface area contributed by atoms with Crippen LogP contribution in [0.25, 0.3) is 22.2 Å². The second kappa shape index (κ2) is 11.7. The van der Waals surface area contributed by atoms with Crippen molar-refractivity contribution < 1.29 is 9.30 Å². The van der Waals surface area contributed by atoms with E-state index < -0.39 is 7.29 Å². The lowest BCUT2D eigenvalue weighted by Gasteiger charge is -2.28. The number of methoxy groups -OCH3 is 1. The predicted molar refractivity (Wildman–Crippen MR) is 178 cm³/mol. The molecule has 13 nitrogen and oxygen atoms in total. The van der Waals surface area contributed by atoms with Gasteiger partial charge in [-0.05, 0) is 48.0 Å². The first-order valence-corrected chi connectivity index (χ1v) is 17.4. The van der Waals surface area contributed by atoms with Crippen molar-refractivity contribution in [2.45, 2.75) is 26.3 Å². The number of hydrogen-bond donors (Lipinski definition) is 3. The van der Waals surface area contributed by atoms with Gasteiger partial charge in [-0.1, -0.05) is 0 Å². The smallest absolute Gasteiger partial charge is 0.239 e. The van der Waals surface area contributed by atoms with Crippen LogP contribution in [0.1, 0.15) is 19.5 Å². The summed E-state index contributed by atoms with van der Waals surface area (Å²) in [7, 11) is 0.870. The third-order valence-corrected chi connectivity index (χ3v) is 8.61. The number of benzene rings is 1. The molecule has 0 saturated heterocycles. The van der Waals surface area contributed by atoms with Crippen LogP contribution in [-0.4, -0.2) is 67.7 Å². The minimum absolute atomic E-state index is 0.241. The summed E-state index contributed by atoms with van der Waals surface area (Å²) in [6.07, 6.45) is 7.61. The molecule has 0 fully saturated rings. The zero-order chi connectivity index (χ0) is 31.2. The Morgan fingerprint density at radius 2 is 1.82 bits per heavy atom. The number of anilines is 6. The normalized spacial score (nSPS) is 13.0. The lowest BCUT2D eigenvalue weighted by Crippen LogP contribution is -2.33. The number of aromatic nitrogens is 7. The van der Waals surface area contributed by atoms with E-state index in [1.54, 1.807) is 39.0 Å². The fourth-order valence-corrected chi connectivity index (χ4v) is 6.31. The fraction of sp³-hybridized carbons (Fsp3) is 0.310. The van der Waals surface area contributed by atoms with Gasteiger partial charge in [0, 0.05) is 74.8 Å². The van der Waals surface area contributed by atoms with Crippen LogP contribution in [0.4, 0.5) is 34.6 Å². The van der Waals surface area contributed by atoms with Gasteiger partial charge in [-0.3, -0.25) is 14.6 Å². The zero-order valence-corrected chi connectivity index (χ0v) is 27.7. The predicted octanol–water partition coefficient (Wildman–Crippen LogP) is 6.19. The lowest BCUT2D eigenvalue weighted by atomic mass is 10.1. The molecule has 44 heavy (non-hydrogen) atoms. The van der Waals surface area contributed by atoms with Gasteiger partial charge in [0.25, 0.3) is 0 Å². The van der Waals surface area contributed by atoms with E-state index in [1.807, 2.05) is 36.1 Å². The Labute approximate surface area is 263 Å². The van der Waals surface area contributed by atoms with E-state index >= 15 is 0 Å². The summed E-state index contributed by atoms with van der Waals surface area (Å²) in [5.74, 6) is 2.07. The lowest BCUT2D eigenvalue weighted by molar-refractivity contribution is 0.400. The first-order valence-electron chi connectivity index (χ1n) is 14.0. The van der Waals surface area contributed by atoms with Crippen LogP contribution in [0, 0.1) is 0 Å². The summed E-state index contributed by atoms with van der Waals surface area (Å²) in [6, 6.07) is 5.96. The summed E-state index contributed by atoms with van der Waals surface area (Å²) in [5, 5.41) is 14.3. The molecule has 1 aromatic carbocycles. The Morgan fingerprint density at radius 3 is 2.57 bits per heavy atom. The molecule has 0 radical (unpaired) electrons. The van der Waals surface area contributed by atoms with Crippen LogP contribution < -0.4 is 25.4 Å². The van der Waals surface area contributed by atoms with Crippen molar-refractivity contribution in [2.24, 2.45) is 7.05 Å². The number of nitrogens with one attached hydrogen (secondary N) is 3. The molecule has 0 atom stereocenters. The van der Waals surface area contributed by atoms with E-state index in [9.17, 15) is 4.57 Å². The minimum Gasteiger partial charge on any atom is -0.479 e. The summed E-state index contributed by atoms with van der Waals surface area (Å²) in [4.78, 5) is 25.4. The highest BCUT2D eigenvalue weighted by Crippen LogP contribution is 2.44. The molecule has 5 aromatic rings. The van der Waals surface area contributed by atoms with E-state index in [1.165, 1.54) is 0 Å². The van der Waals surface area contributed by atoms with Crippen LogP contribution in [0.5, 0.6) is 5.88 Å². The molecule has 15 heteroatoms. The number of rotatable bonds is 8. The average molecular weight is 679 g/mol. The van der Waals surface area contributed by atoms with Crippen molar-refractivity contribution >= 4 is 68.9 Å². The topological polar surface area (TPSA) is 148 Å². The molecule has 6 rings (SSSR count). The first kappa shape index (κ1) is 29.8. The maximum Gasteiger partial charge on any atom is 0.239 e. The monoisotopic (exact) mass is 677 g/mol. The molecule has 0 unspecified atom stereocenters. The van der Waals surface area contributed by atoms with Gasteiger partial charge >= 0.3 is 0 Å². The Morgan fingerprint density at radius 1 is 1.02 bits per heavy atom. The SMILES string of the molecule is COc1nc2c(cc1Nc1ncc(Br)c(Nc3ccc4nccnc4c3NP(C)(C)=O)n1)-c1cnn(C)c1CCN2C(C)C. The number of fused-ring (bicyclic) bond motifs is 4. The Bertz CT molecular complexity index is 1920. The van der Waals surface area contributed by atoms with E-state index in [2.05, 4.69) is 70.4 Å². The Kier molecular flexibility index (Phi) is 7.89. The molecule has 0 spiro atoms. The Balaban J connectivity index is 1.39. The molecule has 0 saturated carbocycles. The molecule has 228 valence electrons. The maximum atomic E-state index is 12.8. The maximum absolute atomic E-state index is 12.8. The number of pyridine rings is 1. The van der Waals surface area contributed by atoms with Gasteiger partial charge in [-0.2, -0.15) is 15.1 Å². The molecular weight excluding hydrogens is 645 g/mol. The quantitative estimate of drug-likeness (QED) is 0.161. The Hall–Kier alpha value is -4.29. The summed E-state index contributed by atoms with van der Waals surface area (Å²) in [5.41, 5.74) is 6.22. The van der Waals surface area contributed by atoms with E-state index in [4.69, 9.17) is 14.7 Å². The number of halogens is 1. The van der Waals surface area contributed by atoms with E-state index in [-0.39, 0.29) is 6.04 Å². The second-order valence-electron chi connectivity index (χ2n) is 11.1. The standard InChI is InChI=1S/C29H33BrN11O2P/c1-16(2)41-12-9-23-18(14-34-40(23)3)17-13-22(28(43-4)38-27(17)41)36-29-33-15-19(30)26(37-29)35-21-8-7-20-24(32-11-10-31-20)25(21)39-44(5,6)42/h7-8,10-11,13-16H,9,12H2,1-6H3,(H,39,42)(H2,33,35,36,37). The van der Waals surface area contributed by atoms with E-state index in [0.717, 1.165) is 35.6 Å². The van der Waals surface area contributed by atoms with Crippen molar-refractivity contribution in [3.05, 3.63) is 53.2 Å². The van der Waals surface area contributed by atoms with Gasteiger partial charge in [0.15, 0.2) is 7.29 Å². The van der Waals surface area contributed by atoms with Gasteiger partial charge in [0.2, 0.25) is 11.8 Å². The highest BCUT2D eigenvalue weighted by molar-refractivity contribution is 9.10. The van der Waals surface area contributed by atoms with Gasteiger partial charge in [-0.15, -0.1) is 0 Å². The van der Waals surface area contributed by atoms with Gasteiger partial charge in [0.1, 0.15) is 22.8 Å². The molecular formula is C29H33BrN11O2P. The van der Waals surface area contributed by atoms with Crippen molar-refractivity contribution in [3.8, 4) is 17.0 Å². The third kappa shape index (κ3) is 5.79. The molecule has 3 N–H and O–H groups in total. The minimum atomic E-state index is -2.69. The summed E-state index contributed by atoms with van der Waals surface area (Å²) < 4.78 is 21.1. The highest BCUT2D eigenvalue weighted by Gasteiger charge is 2.28. The van der Waals surface area contributed by atoms with Gasteiger partial charge < -0.3 is 29.9 Å². The molecule has 0 aliphatic carbocycles. The summed E-state index contributed by atoms with van der Waals surface area (Å²) >= 11 is 3.57. The van der Waals surface area contributed by atoms with Crippen molar-refractivity contribution in [1.29, 1.82) is 0 Å². The van der Waals surface area contributed by atoms with Crippen LogP contribution in [0.15, 0.2) is 47.5 Å². The second-order valence-corrected chi connectivity index (χ2v) is 14.9. The zero-order valence-electron chi connectivity index (χ0n) is 25.3. The van der Waals surface area contributed by atoms with Crippen LogP contribution in [0.2, 0.25) is 0 Å². The number of aryl methyl sites for hydroxylation is 1. The number of hydrogen-bond acceptors (Lipinski definition) is 11. The molecule has 5 heterocycles. The largest absolute Gasteiger partial charge is 0.479 e. The van der Waals surface area contributed by atoms with Crippen molar-refractivity contribution in [1.82, 2.24) is 34.7 Å². The first-order chi connectivity index (χ1) is 21.0. The van der Waals surface area contributed by atoms with E-state index in [0.29, 0.717) is 50.2 Å². The van der Waals surface area contributed by atoms with Crippen molar-refractivity contribution in [2.75, 3.05) is 47.6 Å². The molecule has 0 bridgehead atoms. The molecule has 1 aliphatic rings. The molecule has 0 amide bonds. The van der Waals surface area contributed by atoms with Crippen molar-refractivity contribution in [3.63, 3.8) is 0 Å². The molecule has 4 aromatic heterocycles.